The van der Waals surface area contributed by atoms with E-state index >= 15 is 0 Å². The number of hydrogen-bond donors (Lipinski definition) is 0. The first-order chi connectivity index (χ1) is 3.27. The van der Waals surface area contributed by atoms with Gasteiger partial charge in [0.25, 0.3) is 0 Å². The minimum Gasteiger partial charge on any atom is -0.276 e. The molecule has 0 N–H and O–H groups in total. The number of halogens is 1. The molecule has 0 saturated carbocycles. The second-order valence-corrected chi connectivity index (χ2v) is 1.18. The van der Waals surface area contributed by atoms with Crippen molar-refractivity contribution < 1.29 is 4.79 Å². The summed E-state index contributed by atoms with van der Waals surface area (Å²) < 4.78 is 0. The van der Waals surface area contributed by atoms with Crippen LogP contribution in [0, 0.1) is 12.3 Å². The van der Waals surface area contributed by atoms with Gasteiger partial charge in [-0.3, -0.25) is 4.79 Å². The zero-order valence-electron chi connectivity index (χ0n) is 3.52. The molecule has 0 aromatic heterocycles. The number of allylic oxidation sites excluding steroid dienone is 2. The molecule has 0 aromatic rings. The number of carbonyl (C=O) groups is 1. The van der Waals surface area contributed by atoms with Crippen LogP contribution in [0.3, 0.4) is 0 Å². The van der Waals surface area contributed by atoms with Crippen molar-refractivity contribution in [3.05, 3.63) is 12.2 Å². The van der Waals surface area contributed by atoms with Crippen molar-refractivity contribution >= 4 is 16.8 Å². The number of terminal acetylenes is 1. The highest BCUT2D eigenvalue weighted by Gasteiger charge is 1.78. The van der Waals surface area contributed by atoms with Crippen LogP contribution in [-0.2, 0) is 4.79 Å². The lowest BCUT2D eigenvalue weighted by Crippen LogP contribution is -1.71. The van der Waals surface area contributed by atoms with Crippen LogP contribution >= 0.6 is 11.6 Å². The molecule has 0 aromatic carbocycles. The summed E-state index contributed by atoms with van der Waals surface area (Å²) in [4.78, 5) is 9.79. The van der Waals surface area contributed by atoms with Gasteiger partial charge in [0.1, 0.15) is 0 Å². The predicted octanol–water partition coefficient (Wildman–Crippen LogP) is 0.941. The molecule has 1 nitrogen and oxygen atoms in total. The smallest absolute Gasteiger partial charge is 0.245 e. The van der Waals surface area contributed by atoms with Crippen LogP contribution < -0.4 is 0 Å². The van der Waals surface area contributed by atoms with E-state index in [2.05, 4.69) is 5.92 Å². The van der Waals surface area contributed by atoms with Gasteiger partial charge in [-0.05, 0) is 17.7 Å². The number of rotatable bonds is 1. The SMILES string of the molecule is C#C/C=C\C(=O)Cl. The van der Waals surface area contributed by atoms with Crippen molar-refractivity contribution in [1.82, 2.24) is 0 Å². The Bertz CT molecular complexity index is 130. The fourth-order valence-electron chi connectivity index (χ4n) is 0.114. The number of carbonyl (C=O) groups excluding carboxylic acids is 1. The molecule has 36 valence electrons. The van der Waals surface area contributed by atoms with Crippen molar-refractivity contribution in [1.29, 1.82) is 0 Å². The zero-order chi connectivity index (χ0) is 5.70. The van der Waals surface area contributed by atoms with Crippen molar-refractivity contribution in [3.8, 4) is 12.3 Å². The van der Waals surface area contributed by atoms with E-state index in [1.807, 2.05) is 0 Å². The van der Waals surface area contributed by atoms with Crippen LogP contribution in [0.2, 0.25) is 0 Å². The minimum absolute atomic E-state index is 0.544. The molecule has 0 atom stereocenters. The normalized spacial score (nSPS) is 8.57. The summed E-state index contributed by atoms with van der Waals surface area (Å²) in [5, 5.41) is -0.544. The molecule has 0 fully saturated rings. The lowest BCUT2D eigenvalue weighted by Gasteiger charge is -1.65. The lowest BCUT2D eigenvalue weighted by atomic mass is 10.5. The quantitative estimate of drug-likeness (QED) is 0.282. The number of hydrogen-bond acceptors (Lipinski definition) is 1. The molecule has 0 aliphatic carbocycles. The van der Waals surface area contributed by atoms with Crippen LogP contribution in [0.4, 0.5) is 0 Å². The molecule has 0 aliphatic heterocycles. The third-order valence-corrected chi connectivity index (χ3v) is 0.437. The Kier molecular flexibility index (Phi) is 3.09. The first-order valence-electron chi connectivity index (χ1n) is 1.59. The van der Waals surface area contributed by atoms with Gasteiger partial charge in [0, 0.05) is 6.08 Å². The minimum atomic E-state index is -0.544. The summed E-state index contributed by atoms with van der Waals surface area (Å²) in [6, 6.07) is 0. The van der Waals surface area contributed by atoms with E-state index in [-0.39, 0.29) is 0 Å². The molecule has 0 rings (SSSR count). The third kappa shape index (κ3) is 5.26. The summed E-state index contributed by atoms with van der Waals surface area (Å²) in [6.07, 6.45) is 7.09. The Labute approximate surface area is 47.0 Å². The molecule has 7 heavy (non-hydrogen) atoms. The first-order valence-corrected chi connectivity index (χ1v) is 1.97. The molecule has 0 bridgehead atoms. The summed E-state index contributed by atoms with van der Waals surface area (Å²) >= 11 is 4.84. The van der Waals surface area contributed by atoms with Crippen molar-refractivity contribution in [2.24, 2.45) is 0 Å². The Balaban J connectivity index is 3.53. The Morgan fingerprint density at radius 3 is 2.57 bits per heavy atom. The van der Waals surface area contributed by atoms with Gasteiger partial charge in [-0.15, -0.1) is 6.42 Å². The van der Waals surface area contributed by atoms with Gasteiger partial charge in [0.2, 0.25) is 5.24 Å². The van der Waals surface area contributed by atoms with Crippen LogP contribution in [0.15, 0.2) is 12.2 Å². The van der Waals surface area contributed by atoms with Crippen LogP contribution in [0.5, 0.6) is 0 Å². The zero-order valence-corrected chi connectivity index (χ0v) is 4.27. The summed E-state index contributed by atoms with van der Waals surface area (Å²) in [5.74, 6) is 2.11. The lowest BCUT2D eigenvalue weighted by molar-refractivity contribution is -0.107. The van der Waals surface area contributed by atoms with Gasteiger partial charge in [-0.25, -0.2) is 0 Å². The fraction of sp³-hybridized carbons (Fsp3) is 0. The van der Waals surface area contributed by atoms with Crippen LogP contribution in [-0.4, -0.2) is 5.24 Å². The molecule has 0 spiro atoms. The Hall–Kier alpha value is -0.740. The average Bonchev–Trinajstić information content (AvgIpc) is 1.61. The molecule has 0 aliphatic rings. The van der Waals surface area contributed by atoms with E-state index in [0.717, 1.165) is 6.08 Å². The van der Waals surface area contributed by atoms with Crippen molar-refractivity contribution in [2.45, 2.75) is 0 Å². The molecule has 0 saturated heterocycles. The topological polar surface area (TPSA) is 17.1 Å². The van der Waals surface area contributed by atoms with Crippen molar-refractivity contribution in [3.63, 3.8) is 0 Å². The molecule has 2 heteroatoms. The average molecular weight is 115 g/mol. The maximum atomic E-state index is 9.79. The van der Waals surface area contributed by atoms with Gasteiger partial charge < -0.3 is 0 Å². The van der Waals surface area contributed by atoms with E-state index in [0.29, 0.717) is 0 Å². The first kappa shape index (κ1) is 6.26. The highest BCUT2D eigenvalue weighted by molar-refractivity contribution is 6.66. The van der Waals surface area contributed by atoms with E-state index in [1.165, 1.54) is 6.08 Å². The molecular weight excluding hydrogens is 112 g/mol. The van der Waals surface area contributed by atoms with Gasteiger partial charge >= 0.3 is 0 Å². The molecule has 0 unspecified atom stereocenters. The van der Waals surface area contributed by atoms with E-state index in [4.69, 9.17) is 18.0 Å². The molecule has 0 heterocycles. The predicted molar refractivity (Wildman–Crippen MR) is 28.8 cm³/mol. The third-order valence-electron chi connectivity index (χ3n) is 0.311. The van der Waals surface area contributed by atoms with E-state index in [1.54, 1.807) is 0 Å². The summed E-state index contributed by atoms with van der Waals surface area (Å²) in [7, 11) is 0. The summed E-state index contributed by atoms with van der Waals surface area (Å²) in [6.45, 7) is 0. The highest BCUT2D eigenvalue weighted by atomic mass is 35.5. The van der Waals surface area contributed by atoms with Gasteiger partial charge in [0.15, 0.2) is 0 Å². The molecular formula is C5H3ClO. The van der Waals surface area contributed by atoms with Gasteiger partial charge in [0.05, 0.1) is 0 Å². The fourth-order valence-corrected chi connectivity index (χ4v) is 0.177. The van der Waals surface area contributed by atoms with Crippen LogP contribution in [0.1, 0.15) is 0 Å². The largest absolute Gasteiger partial charge is 0.276 e. The Morgan fingerprint density at radius 1 is 1.86 bits per heavy atom. The second kappa shape index (κ2) is 3.45. The second-order valence-electron chi connectivity index (χ2n) is 0.804. The van der Waals surface area contributed by atoms with Gasteiger partial charge in [-0.1, -0.05) is 5.92 Å². The standard InChI is InChI=1S/C5H3ClO/c1-2-3-4-5(6)7/h1,3-4H/b4-3-. The van der Waals surface area contributed by atoms with Crippen molar-refractivity contribution in [2.75, 3.05) is 0 Å². The highest BCUT2D eigenvalue weighted by Crippen LogP contribution is 1.79. The monoisotopic (exact) mass is 114 g/mol. The summed E-state index contributed by atoms with van der Waals surface area (Å²) in [5.41, 5.74) is 0. The Morgan fingerprint density at radius 2 is 2.43 bits per heavy atom. The van der Waals surface area contributed by atoms with Crippen LogP contribution in [0.25, 0.3) is 0 Å². The van der Waals surface area contributed by atoms with Gasteiger partial charge in [-0.2, -0.15) is 0 Å². The molecule has 0 radical (unpaired) electrons. The van der Waals surface area contributed by atoms with E-state index in [9.17, 15) is 4.79 Å². The van der Waals surface area contributed by atoms with E-state index < -0.39 is 5.24 Å². The molecule has 0 amide bonds. The maximum Gasteiger partial charge on any atom is 0.245 e. The maximum absolute atomic E-state index is 9.79.